The minimum absolute atomic E-state index is 0.179. The van der Waals surface area contributed by atoms with E-state index in [2.05, 4.69) is 0 Å². The summed E-state index contributed by atoms with van der Waals surface area (Å²) < 4.78 is 21.1. The van der Waals surface area contributed by atoms with E-state index in [0.717, 1.165) is 11.3 Å². The van der Waals surface area contributed by atoms with E-state index in [1.54, 1.807) is 50.6 Å². The summed E-state index contributed by atoms with van der Waals surface area (Å²) in [6.45, 7) is 0.769. The number of ether oxygens (including phenoxy) is 4. The molecule has 0 unspecified atom stereocenters. The van der Waals surface area contributed by atoms with Crippen molar-refractivity contribution in [2.45, 2.75) is 12.8 Å². The van der Waals surface area contributed by atoms with Crippen LogP contribution in [0.4, 0.5) is 0 Å². The summed E-state index contributed by atoms with van der Waals surface area (Å²) in [5, 5.41) is 0.663. The highest BCUT2D eigenvalue weighted by molar-refractivity contribution is 6.30. The number of hydrogen-bond acceptors (Lipinski definition) is 5. The maximum Gasteiger partial charge on any atom is 0.310 e. The van der Waals surface area contributed by atoms with E-state index in [4.69, 9.17) is 30.5 Å². The van der Waals surface area contributed by atoms with Crippen molar-refractivity contribution in [3.05, 3.63) is 53.1 Å². The Morgan fingerprint density at radius 3 is 2.36 bits per heavy atom. The van der Waals surface area contributed by atoms with Gasteiger partial charge in [-0.15, -0.1) is 0 Å². The molecule has 0 saturated carbocycles. The predicted molar refractivity (Wildman–Crippen MR) is 95.8 cm³/mol. The Balaban J connectivity index is 1.69. The monoisotopic (exact) mass is 364 g/mol. The molecule has 0 saturated heterocycles. The minimum Gasteiger partial charge on any atom is -0.493 e. The second kappa shape index (κ2) is 9.79. The molecule has 0 radical (unpaired) electrons. The Morgan fingerprint density at radius 1 is 0.960 bits per heavy atom. The third kappa shape index (κ3) is 6.19. The number of methoxy groups -OCH3 is 2. The zero-order valence-corrected chi connectivity index (χ0v) is 15.0. The molecule has 25 heavy (non-hydrogen) atoms. The van der Waals surface area contributed by atoms with Gasteiger partial charge in [-0.1, -0.05) is 17.7 Å². The first kappa shape index (κ1) is 18.9. The van der Waals surface area contributed by atoms with Crippen molar-refractivity contribution < 1.29 is 23.7 Å². The minimum atomic E-state index is -0.293. The van der Waals surface area contributed by atoms with Crippen LogP contribution in [0.5, 0.6) is 17.2 Å². The molecule has 0 aliphatic carbocycles. The third-order valence-electron chi connectivity index (χ3n) is 3.43. The van der Waals surface area contributed by atoms with E-state index in [1.165, 1.54) is 0 Å². The van der Waals surface area contributed by atoms with E-state index in [-0.39, 0.29) is 12.4 Å². The highest BCUT2D eigenvalue weighted by Gasteiger charge is 2.09. The molecule has 0 N–H and O–H groups in total. The summed E-state index contributed by atoms with van der Waals surface area (Å²) in [5.74, 6) is 1.66. The van der Waals surface area contributed by atoms with Crippen LogP contribution in [0, 0.1) is 0 Å². The number of halogens is 1. The fourth-order valence-corrected chi connectivity index (χ4v) is 2.30. The number of carbonyl (C=O) groups excluding carboxylic acids is 1. The molecular weight excluding hydrogens is 344 g/mol. The van der Waals surface area contributed by atoms with Gasteiger partial charge >= 0.3 is 5.97 Å². The van der Waals surface area contributed by atoms with Crippen LogP contribution in [0.1, 0.15) is 12.0 Å². The van der Waals surface area contributed by atoms with E-state index in [1.807, 2.05) is 6.07 Å². The van der Waals surface area contributed by atoms with Crippen molar-refractivity contribution in [1.82, 2.24) is 0 Å². The molecule has 0 fully saturated rings. The van der Waals surface area contributed by atoms with Gasteiger partial charge in [0.25, 0.3) is 0 Å². The van der Waals surface area contributed by atoms with Gasteiger partial charge in [-0.25, -0.2) is 0 Å². The fraction of sp³-hybridized carbons (Fsp3) is 0.316. The summed E-state index contributed by atoms with van der Waals surface area (Å²) in [4.78, 5) is 11.9. The second-order valence-electron chi connectivity index (χ2n) is 5.24. The molecular formula is C19H21ClO5. The number of carbonyl (C=O) groups is 1. The van der Waals surface area contributed by atoms with Crippen LogP contribution in [-0.4, -0.2) is 33.4 Å². The molecule has 2 aromatic rings. The molecule has 0 aliphatic rings. The number of esters is 1. The highest BCUT2D eigenvalue weighted by Crippen LogP contribution is 2.27. The van der Waals surface area contributed by atoms with Gasteiger partial charge in [0.15, 0.2) is 11.5 Å². The van der Waals surface area contributed by atoms with Crippen LogP contribution in [0.15, 0.2) is 42.5 Å². The average Bonchev–Trinajstić information content (AvgIpc) is 2.62. The second-order valence-corrected chi connectivity index (χ2v) is 5.68. The van der Waals surface area contributed by atoms with Gasteiger partial charge in [0.1, 0.15) is 5.75 Å². The molecule has 0 aromatic heterocycles. The summed E-state index contributed by atoms with van der Waals surface area (Å²) in [6.07, 6.45) is 0.790. The summed E-state index contributed by atoms with van der Waals surface area (Å²) in [7, 11) is 3.12. The summed E-state index contributed by atoms with van der Waals surface area (Å²) in [6, 6.07) is 12.5. The Hall–Kier alpha value is -2.40. The van der Waals surface area contributed by atoms with E-state index >= 15 is 0 Å². The van der Waals surface area contributed by atoms with Gasteiger partial charge in [-0.05, 0) is 42.0 Å². The lowest BCUT2D eigenvalue weighted by molar-refractivity contribution is -0.143. The normalized spacial score (nSPS) is 10.2. The molecule has 0 atom stereocenters. The predicted octanol–water partition coefficient (Wildman–Crippen LogP) is 3.91. The average molecular weight is 365 g/mol. The van der Waals surface area contributed by atoms with Crippen molar-refractivity contribution in [2.24, 2.45) is 0 Å². The quantitative estimate of drug-likeness (QED) is 0.498. The standard InChI is InChI=1S/C19H21ClO5/c1-22-17-9-4-14(12-18(17)23-2)13-19(21)25-11-3-10-24-16-7-5-15(20)6-8-16/h4-9,12H,3,10-11,13H2,1-2H3. The number of rotatable bonds is 9. The maximum absolute atomic E-state index is 11.9. The lowest BCUT2D eigenvalue weighted by Crippen LogP contribution is -2.11. The summed E-state index contributed by atoms with van der Waals surface area (Å²) >= 11 is 5.80. The largest absolute Gasteiger partial charge is 0.493 e. The number of benzene rings is 2. The molecule has 5 nitrogen and oxygen atoms in total. The topological polar surface area (TPSA) is 54.0 Å². The van der Waals surface area contributed by atoms with E-state index in [9.17, 15) is 4.79 Å². The van der Waals surface area contributed by atoms with Crippen molar-refractivity contribution >= 4 is 17.6 Å². The first-order valence-electron chi connectivity index (χ1n) is 7.87. The fourth-order valence-electron chi connectivity index (χ4n) is 2.17. The van der Waals surface area contributed by atoms with Gasteiger partial charge in [-0.2, -0.15) is 0 Å². The molecule has 2 rings (SSSR count). The van der Waals surface area contributed by atoms with Crippen LogP contribution >= 0.6 is 11.6 Å². The van der Waals surface area contributed by atoms with Gasteiger partial charge < -0.3 is 18.9 Å². The zero-order chi connectivity index (χ0) is 18.1. The molecule has 0 bridgehead atoms. The van der Waals surface area contributed by atoms with Gasteiger partial charge in [-0.3, -0.25) is 4.79 Å². The van der Waals surface area contributed by atoms with Crippen molar-refractivity contribution in [1.29, 1.82) is 0 Å². The SMILES string of the molecule is COc1ccc(CC(=O)OCCCOc2ccc(Cl)cc2)cc1OC. The highest BCUT2D eigenvalue weighted by atomic mass is 35.5. The molecule has 0 amide bonds. The van der Waals surface area contributed by atoms with Crippen LogP contribution in [0.3, 0.4) is 0 Å². The van der Waals surface area contributed by atoms with Gasteiger partial charge in [0.05, 0.1) is 33.9 Å². The molecule has 0 aliphatic heterocycles. The van der Waals surface area contributed by atoms with E-state index in [0.29, 0.717) is 36.2 Å². The smallest absolute Gasteiger partial charge is 0.310 e. The first-order chi connectivity index (χ1) is 12.1. The number of hydrogen-bond donors (Lipinski definition) is 0. The first-order valence-corrected chi connectivity index (χ1v) is 8.25. The molecule has 0 heterocycles. The Kier molecular flexibility index (Phi) is 7.41. The van der Waals surface area contributed by atoms with E-state index < -0.39 is 0 Å². The molecule has 6 heteroatoms. The van der Waals surface area contributed by atoms with Crippen LogP contribution in [0.25, 0.3) is 0 Å². The van der Waals surface area contributed by atoms with Crippen LogP contribution < -0.4 is 14.2 Å². The lowest BCUT2D eigenvalue weighted by atomic mass is 10.1. The van der Waals surface area contributed by atoms with Crippen LogP contribution in [-0.2, 0) is 16.0 Å². The van der Waals surface area contributed by atoms with Crippen molar-refractivity contribution in [3.63, 3.8) is 0 Å². The maximum atomic E-state index is 11.9. The van der Waals surface area contributed by atoms with Gasteiger partial charge in [0.2, 0.25) is 0 Å². The molecule has 134 valence electrons. The van der Waals surface area contributed by atoms with Crippen molar-refractivity contribution in [3.8, 4) is 17.2 Å². The molecule has 0 spiro atoms. The van der Waals surface area contributed by atoms with Crippen LogP contribution in [0.2, 0.25) is 5.02 Å². The third-order valence-corrected chi connectivity index (χ3v) is 3.68. The Labute approximate surface area is 152 Å². The van der Waals surface area contributed by atoms with Gasteiger partial charge in [0, 0.05) is 11.4 Å². The van der Waals surface area contributed by atoms with Crippen molar-refractivity contribution in [2.75, 3.05) is 27.4 Å². The zero-order valence-electron chi connectivity index (χ0n) is 14.3. The summed E-state index contributed by atoms with van der Waals surface area (Å²) in [5.41, 5.74) is 0.806. The Morgan fingerprint density at radius 2 is 1.68 bits per heavy atom. The Bertz CT molecular complexity index is 685. The lowest BCUT2D eigenvalue weighted by Gasteiger charge is -2.10. The molecule has 2 aromatic carbocycles.